The summed E-state index contributed by atoms with van der Waals surface area (Å²) in [7, 11) is 1.86. The predicted molar refractivity (Wildman–Crippen MR) is 97.4 cm³/mol. The lowest BCUT2D eigenvalue weighted by Gasteiger charge is -2.37. The van der Waals surface area contributed by atoms with Crippen molar-refractivity contribution in [2.24, 2.45) is 4.99 Å². The average molecular weight is 329 g/mol. The van der Waals surface area contributed by atoms with Crippen molar-refractivity contribution in [3.05, 3.63) is 47.6 Å². The lowest BCUT2D eigenvalue weighted by atomic mass is 10.3. The van der Waals surface area contributed by atoms with Gasteiger partial charge in [-0.3, -0.25) is 9.98 Å². The number of nitrogens with zero attached hydrogens (tertiary/aromatic N) is 4. The van der Waals surface area contributed by atoms with Gasteiger partial charge in [0.15, 0.2) is 5.96 Å². The Kier molecular flexibility index (Phi) is 5.47. The van der Waals surface area contributed by atoms with Crippen LogP contribution in [0, 0.1) is 0 Å². The number of thiophene rings is 1. The van der Waals surface area contributed by atoms with Gasteiger partial charge in [0.1, 0.15) is 0 Å². The Morgan fingerprint density at radius 3 is 2.74 bits per heavy atom. The van der Waals surface area contributed by atoms with E-state index in [9.17, 15) is 0 Å². The van der Waals surface area contributed by atoms with Gasteiger partial charge in [0.05, 0.1) is 5.00 Å². The van der Waals surface area contributed by atoms with Crippen molar-refractivity contribution in [1.29, 1.82) is 0 Å². The maximum Gasteiger partial charge on any atom is 0.193 e. The van der Waals surface area contributed by atoms with Gasteiger partial charge in [-0.05, 0) is 29.6 Å². The van der Waals surface area contributed by atoms with Gasteiger partial charge in [-0.1, -0.05) is 6.07 Å². The molecule has 23 heavy (non-hydrogen) atoms. The number of guanidine groups is 1. The Labute approximate surface area is 141 Å². The van der Waals surface area contributed by atoms with Crippen LogP contribution in [0.1, 0.15) is 5.69 Å². The van der Waals surface area contributed by atoms with Crippen molar-refractivity contribution in [2.75, 3.05) is 44.7 Å². The Morgan fingerprint density at radius 1 is 1.22 bits per heavy atom. The fourth-order valence-corrected chi connectivity index (χ4v) is 3.55. The van der Waals surface area contributed by atoms with Gasteiger partial charge >= 0.3 is 0 Å². The quantitative estimate of drug-likeness (QED) is 0.689. The Balaban J connectivity index is 1.46. The molecule has 0 aromatic carbocycles. The van der Waals surface area contributed by atoms with Crippen molar-refractivity contribution >= 4 is 22.3 Å². The molecule has 3 heterocycles. The number of hydrogen-bond donors (Lipinski definition) is 1. The van der Waals surface area contributed by atoms with Crippen LogP contribution in [0.15, 0.2) is 46.9 Å². The standard InChI is InChI=1S/C17H23N5S/c1-18-17(20-9-7-15-5-2-3-8-19-15)22-12-10-21(11-13-22)16-6-4-14-23-16/h2-6,8,14H,7,9-13H2,1H3,(H,18,20). The summed E-state index contributed by atoms with van der Waals surface area (Å²) in [6, 6.07) is 10.3. The fraction of sp³-hybridized carbons (Fsp3) is 0.412. The smallest absolute Gasteiger partial charge is 0.193 e. The average Bonchev–Trinajstić information content (AvgIpc) is 3.15. The number of anilines is 1. The normalized spacial score (nSPS) is 15.8. The van der Waals surface area contributed by atoms with Crippen molar-refractivity contribution in [3.63, 3.8) is 0 Å². The van der Waals surface area contributed by atoms with Gasteiger partial charge in [0, 0.05) is 58.1 Å². The molecule has 6 heteroatoms. The summed E-state index contributed by atoms with van der Waals surface area (Å²) >= 11 is 1.81. The van der Waals surface area contributed by atoms with Gasteiger partial charge in [-0.2, -0.15) is 0 Å². The Hall–Kier alpha value is -2.08. The predicted octanol–water partition coefficient (Wildman–Crippen LogP) is 2.08. The minimum atomic E-state index is 0.856. The molecule has 0 aliphatic carbocycles. The highest BCUT2D eigenvalue weighted by Gasteiger charge is 2.19. The van der Waals surface area contributed by atoms with Crippen LogP contribution in [0.3, 0.4) is 0 Å². The van der Waals surface area contributed by atoms with Crippen LogP contribution < -0.4 is 10.2 Å². The number of pyridine rings is 1. The fourth-order valence-electron chi connectivity index (χ4n) is 2.77. The highest BCUT2D eigenvalue weighted by molar-refractivity contribution is 7.14. The van der Waals surface area contributed by atoms with Gasteiger partial charge in [0.2, 0.25) is 0 Å². The minimum absolute atomic E-state index is 0.856. The maximum absolute atomic E-state index is 4.43. The molecule has 1 aliphatic heterocycles. The molecule has 2 aromatic heterocycles. The Morgan fingerprint density at radius 2 is 2.09 bits per heavy atom. The Bertz CT molecular complexity index is 603. The molecule has 0 bridgehead atoms. The van der Waals surface area contributed by atoms with Crippen LogP contribution in [0.4, 0.5) is 5.00 Å². The topological polar surface area (TPSA) is 43.8 Å². The summed E-state index contributed by atoms with van der Waals surface area (Å²) in [5.74, 6) is 0.992. The molecule has 0 amide bonds. The molecule has 122 valence electrons. The first-order valence-electron chi connectivity index (χ1n) is 8.01. The van der Waals surface area contributed by atoms with Gasteiger partial charge in [-0.15, -0.1) is 11.3 Å². The van der Waals surface area contributed by atoms with E-state index in [0.717, 1.165) is 50.8 Å². The highest BCUT2D eigenvalue weighted by atomic mass is 32.1. The van der Waals surface area contributed by atoms with E-state index in [-0.39, 0.29) is 0 Å². The molecule has 0 radical (unpaired) electrons. The summed E-state index contributed by atoms with van der Waals surface area (Å²) in [6.45, 7) is 4.94. The minimum Gasteiger partial charge on any atom is -0.360 e. The van der Waals surface area contributed by atoms with Crippen LogP contribution in [0.2, 0.25) is 0 Å². The van der Waals surface area contributed by atoms with E-state index < -0.39 is 0 Å². The third-order valence-corrected chi connectivity index (χ3v) is 4.93. The van der Waals surface area contributed by atoms with Gasteiger partial charge in [0.25, 0.3) is 0 Å². The third-order valence-electron chi connectivity index (χ3n) is 4.00. The molecule has 0 unspecified atom stereocenters. The first-order chi connectivity index (χ1) is 11.4. The van der Waals surface area contributed by atoms with E-state index in [1.807, 2.05) is 36.7 Å². The monoisotopic (exact) mass is 329 g/mol. The first kappa shape index (κ1) is 15.8. The van der Waals surface area contributed by atoms with E-state index in [1.54, 1.807) is 0 Å². The largest absolute Gasteiger partial charge is 0.360 e. The van der Waals surface area contributed by atoms with Crippen LogP contribution >= 0.6 is 11.3 Å². The molecule has 1 N–H and O–H groups in total. The SMILES string of the molecule is CN=C(NCCc1ccccn1)N1CCN(c2cccs2)CC1. The summed E-state index contributed by atoms with van der Waals surface area (Å²) in [5, 5.41) is 6.96. The lowest BCUT2D eigenvalue weighted by Crippen LogP contribution is -2.52. The zero-order chi connectivity index (χ0) is 15.9. The number of rotatable bonds is 4. The van der Waals surface area contributed by atoms with E-state index >= 15 is 0 Å². The molecule has 3 rings (SSSR count). The molecule has 0 spiro atoms. The molecule has 5 nitrogen and oxygen atoms in total. The van der Waals surface area contributed by atoms with Crippen molar-refractivity contribution in [1.82, 2.24) is 15.2 Å². The van der Waals surface area contributed by atoms with Crippen LogP contribution in [-0.4, -0.2) is 55.6 Å². The summed E-state index contributed by atoms with van der Waals surface area (Å²) < 4.78 is 0. The van der Waals surface area contributed by atoms with E-state index in [2.05, 4.69) is 48.7 Å². The molecule has 0 atom stereocenters. The molecule has 1 saturated heterocycles. The second kappa shape index (κ2) is 7.97. The molecule has 1 fully saturated rings. The summed E-state index contributed by atoms with van der Waals surface area (Å²) in [6.07, 6.45) is 2.75. The van der Waals surface area contributed by atoms with Crippen molar-refractivity contribution in [2.45, 2.75) is 6.42 Å². The number of aliphatic imine (C=N–C) groups is 1. The molecule has 1 aliphatic rings. The van der Waals surface area contributed by atoms with Crippen molar-refractivity contribution in [3.8, 4) is 0 Å². The molecular formula is C17H23N5S. The second-order valence-corrected chi connectivity index (χ2v) is 6.40. The number of aromatic nitrogens is 1. The zero-order valence-electron chi connectivity index (χ0n) is 13.5. The molecule has 0 saturated carbocycles. The van der Waals surface area contributed by atoms with Gasteiger partial charge < -0.3 is 15.1 Å². The third kappa shape index (κ3) is 4.22. The molecular weight excluding hydrogens is 306 g/mol. The summed E-state index contributed by atoms with van der Waals surface area (Å²) in [4.78, 5) is 13.6. The van der Waals surface area contributed by atoms with Crippen LogP contribution in [0.5, 0.6) is 0 Å². The van der Waals surface area contributed by atoms with E-state index in [0.29, 0.717) is 0 Å². The van der Waals surface area contributed by atoms with E-state index in [4.69, 9.17) is 0 Å². The first-order valence-corrected chi connectivity index (χ1v) is 8.89. The van der Waals surface area contributed by atoms with Crippen molar-refractivity contribution < 1.29 is 0 Å². The zero-order valence-corrected chi connectivity index (χ0v) is 14.3. The van der Waals surface area contributed by atoms with Crippen LogP contribution in [-0.2, 0) is 6.42 Å². The number of piperazine rings is 1. The number of nitrogens with one attached hydrogen (secondary N) is 1. The lowest BCUT2D eigenvalue weighted by molar-refractivity contribution is 0.373. The number of hydrogen-bond acceptors (Lipinski definition) is 4. The van der Waals surface area contributed by atoms with Crippen LogP contribution in [0.25, 0.3) is 0 Å². The highest BCUT2D eigenvalue weighted by Crippen LogP contribution is 2.22. The maximum atomic E-state index is 4.43. The van der Waals surface area contributed by atoms with E-state index in [1.165, 1.54) is 5.00 Å². The second-order valence-electron chi connectivity index (χ2n) is 5.47. The summed E-state index contributed by atoms with van der Waals surface area (Å²) in [5.41, 5.74) is 1.11. The molecule has 2 aromatic rings. The van der Waals surface area contributed by atoms with Gasteiger partial charge in [-0.25, -0.2) is 0 Å².